The first kappa shape index (κ1) is 18.7. The van der Waals surface area contributed by atoms with Crippen LogP contribution in [0.4, 0.5) is 0 Å². The lowest BCUT2D eigenvalue weighted by molar-refractivity contribution is 0.0697. The summed E-state index contributed by atoms with van der Waals surface area (Å²) < 4.78 is 0. The van der Waals surface area contributed by atoms with Gasteiger partial charge in [-0.05, 0) is 61.2 Å². The SMILES string of the molecule is Cc1nc(C2CC2c2ccc(C(=O)N3CC4CCC(C3)N4)cc2Cl)c2ccsc2n1. The number of amides is 1. The van der Waals surface area contributed by atoms with Crippen molar-refractivity contribution in [1.82, 2.24) is 20.2 Å². The number of benzene rings is 1. The molecule has 2 aromatic heterocycles. The Morgan fingerprint density at radius 1 is 1.17 bits per heavy atom. The van der Waals surface area contributed by atoms with Crippen LogP contribution in [0.15, 0.2) is 29.6 Å². The first-order valence-corrected chi connectivity index (χ1v) is 11.9. The number of aromatic nitrogens is 2. The van der Waals surface area contributed by atoms with Crippen molar-refractivity contribution in [3.8, 4) is 0 Å². The number of aryl methyl sites for hydroxylation is 1. The van der Waals surface area contributed by atoms with Gasteiger partial charge >= 0.3 is 0 Å². The number of nitrogens with one attached hydrogen (secondary N) is 1. The van der Waals surface area contributed by atoms with Crippen molar-refractivity contribution in [2.45, 2.75) is 50.1 Å². The zero-order chi connectivity index (χ0) is 20.4. The Morgan fingerprint density at radius 2 is 1.97 bits per heavy atom. The number of halogens is 1. The van der Waals surface area contributed by atoms with Crippen LogP contribution in [0.3, 0.4) is 0 Å². The van der Waals surface area contributed by atoms with E-state index in [0.29, 0.717) is 34.5 Å². The third-order valence-electron chi connectivity index (χ3n) is 6.76. The molecule has 3 aromatic rings. The molecule has 30 heavy (non-hydrogen) atoms. The fourth-order valence-electron chi connectivity index (χ4n) is 5.22. The van der Waals surface area contributed by atoms with Crippen molar-refractivity contribution in [2.75, 3.05) is 13.1 Å². The highest BCUT2D eigenvalue weighted by Crippen LogP contribution is 2.57. The van der Waals surface area contributed by atoms with Gasteiger partial charge in [0.2, 0.25) is 0 Å². The maximum atomic E-state index is 13.0. The zero-order valence-electron chi connectivity index (χ0n) is 16.8. The van der Waals surface area contributed by atoms with Crippen LogP contribution in [0.2, 0.25) is 5.02 Å². The molecule has 1 aliphatic carbocycles. The molecule has 4 unspecified atom stereocenters. The molecule has 5 nitrogen and oxygen atoms in total. The van der Waals surface area contributed by atoms with Crippen molar-refractivity contribution in [2.24, 2.45) is 0 Å². The van der Waals surface area contributed by atoms with Crippen molar-refractivity contribution >= 4 is 39.1 Å². The van der Waals surface area contributed by atoms with Crippen molar-refractivity contribution in [3.05, 3.63) is 57.3 Å². The molecule has 1 amide bonds. The first-order chi connectivity index (χ1) is 14.6. The molecule has 1 N–H and O–H groups in total. The Labute approximate surface area is 184 Å². The Morgan fingerprint density at radius 3 is 2.73 bits per heavy atom. The van der Waals surface area contributed by atoms with E-state index in [1.165, 1.54) is 0 Å². The van der Waals surface area contributed by atoms with Gasteiger partial charge in [-0.2, -0.15) is 0 Å². The zero-order valence-corrected chi connectivity index (χ0v) is 18.3. The molecule has 6 rings (SSSR count). The average Bonchev–Trinajstić information content (AvgIpc) is 3.25. The number of piperazine rings is 1. The second-order valence-electron chi connectivity index (χ2n) is 8.83. The number of thiophene rings is 1. The molecular weight excluding hydrogens is 416 g/mol. The van der Waals surface area contributed by atoms with Gasteiger partial charge in [0.1, 0.15) is 10.7 Å². The van der Waals surface area contributed by atoms with Crippen LogP contribution in [0, 0.1) is 6.92 Å². The maximum Gasteiger partial charge on any atom is 0.254 e. The van der Waals surface area contributed by atoms with Crippen LogP contribution in [0.25, 0.3) is 10.2 Å². The lowest BCUT2D eigenvalue weighted by Gasteiger charge is -2.33. The summed E-state index contributed by atoms with van der Waals surface area (Å²) in [6.45, 7) is 3.54. The average molecular weight is 439 g/mol. The number of rotatable bonds is 3. The van der Waals surface area contributed by atoms with Crippen molar-refractivity contribution in [3.63, 3.8) is 0 Å². The minimum atomic E-state index is 0.0978. The summed E-state index contributed by atoms with van der Waals surface area (Å²) >= 11 is 8.35. The fourth-order valence-corrected chi connectivity index (χ4v) is 6.36. The van der Waals surface area contributed by atoms with Gasteiger partial charge in [-0.25, -0.2) is 9.97 Å². The second-order valence-corrected chi connectivity index (χ2v) is 10.1. The van der Waals surface area contributed by atoms with Crippen molar-refractivity contribution < 1.29 is 4.79 Å². The highest BCUT2D eigenvalue weighted by atomic mass is 35.5. The topological polar surface area (TPSA) is 58.1 Å². The Hall–Kier alpha value is -2.02. The lowest BCUT2D eigenvalue weighted by atomic mass is 10.0. The van der Waals surface area contributed by atoms with Crippen molar-refractivity contribution in [1.29, 1.82) is 0 Å². The van der Waals surface area contributed by atoms with Gasteiger partial charge in [0.05, 0.1) is 5.69 Å². The Balaban J connectivity index is 1.23. The second kappa shape index (κ2) is 7.01. The maximum absolute atomic E-state index is 13.0. The molecule has 4 atom stereocenters. The number of carbonyl (C=O) groups excluding carboxylic acids is 1. The number of likely N-dealkylation sites (tertiary alicyclic amines) is 1. The van der Waals surface area contributed by atoms with E-state index < -0.39 is 0 Å². The third kappa shape index (κ3) is 3.13. The Bertz CT molecular complexity index is 1150. The molecule has 1 aromatic carbocycles. The fraction of sp³-hybridized carbons (Fsp3) is 0.435. The van der Waals surface area contributed by atoms with Gasteiger partial charge in [0.25, 0.3) is 5.91 Å². The van der Waals surface area contributed by atoms with Gasteiger partial charge in [0.15, 0.2) is 0 Å². The van der Waals surface area contributed by atoms with Gasteiger partial charge in [0, 0.05) is 47.1 Å². The van der Waals surface area contributed by atoms with E-state index >= 15 is 0 Å². The predicted molar refractivity (Wildman–Crippen MR) is 120 cm³/mol. The molecular formula is C23H23ClN4OS. The molecule has 2 aliphatic heterocycles. The molecule has 0 radical (unpaired) electrons. The highest BCUT2D eigenvalue weighted by Gasteiger charge is 2.43. The highest BCUT2D eigenvalue weighted by molar-refractivity contribution is 7.16. The predicted octanol–water partition coefficient (Wildman–Crippen LogP) is 4.50. The van der Waals surface area contributed by atoms with Crippen LogP contribution in [0.5, 0.6) is 0 Å². The van der Waals surface area contributed by atoms with E-state index in [0.717, 1.165) is 59.7 Å². The molecule has 0 spiro atoms. The molecule has 4 heterocycles. The quantitative estimate of drug-likeness (QED) is 0.654. The summed E-state index contributed by atoms with van der Waals surface area (Å²) in [5.41, 5.74) is 2.95. The van der Waals surface area contributed by atoms with Gasteiger partial charge < -0.3 is 10.2 Å². The van der Waals surface area contributed by atoms with E-state index in [1.807, 2.05) is 24.0 Å². The van der Waals surface area contributed by atoms with E-state index in [2.05, 4.69) is 27.8 Å². The summed E-state index contributed by atoms with van der Waals surface area (Å²) in [6.07, 6.45) is 3.36. The number of fused-ring (bicyclic) bond motifs is 3. The summed E-state index contributed by atoms with van der Waals surface area (Å²) in [6, 6.07) is 8.88. The van der Waals surface area contributed by atoms with Gasteiger partial charge in [-0.15, -0.1) is 11.3 Å². The molecule has 1 saturated carbocycles. The summed E-state index contributed by atoms with van der Waals surface area (Å²) in [4.78, 5) is 25.4. The molecule has 3 fully saturated rings. The lowest BCUT2D eigenvalue weighted by Crippen LogP contribution is -2.53. The molecule has 154 valence electrons. The van der Waals surface area contributed by atoms with Crippen LogP contribution < -0.4 is 5.32 Å². The van der Waals surface area contributed by atoms with Crippen LogP contribution in [-0.2, 0) is 0 Å². The van der Waals surface area contributed by atoms with Crippen LogP contribution in [0.1, 0.15) is 58.5 Å². The standard InChI is InChI=1S/C23H23ClN4OS/c1-12-25-21(17-6-7-30-22(17)26-12)19-9-18(19)16-5-2-13(8-20(16)24)23(29)28-10-14-3-4-15(11-28)27-14/h2,5-8,14-15,18-19,27H,3-4,9-11H2,1H3. The number of carbonyl (C=O) groups is 1. The molecule has 2 bridgehead atoms. The van der Waals surface area contributed by atoms with Crippen LogP contribution >= 0.6 is 22.9 Å². The molecule has 7 heteroatoms. The monoisotopic (exact) mass is 438 g/mol. The molecule has 2 saturated heterocycles. The smallest absolute Gasteiger partial charge is 0.254 e. The number of hydrogen-bond donors (Lipinski definition) is 1. The summed E-state index contributed by atoms with van der Waals surface area (Å²) in [7, 11) is 0. The summed E-state index contributed by atoms with van der Waals surface area (Å²) in [5, 5.41) is 7.51. The van der Waals surface area contributed by atoms with E-state index in [1.54, 1.807) is 11.3 Å². The van der Waals surface area contributed by atoms with E-state index in [9.17, 15) is 4.79 Å². The number of nitrogens with zero attached hydrogens (tertiary/aromatic N) is 3. The van der Waals surface area contributed by atoms with Crippen LogP contribution in [-0.4, -0.2) is 45.9 Å². The number of hydrogen-bond acceptors (Lipinski definition) is 5. The molecule has 3 aliphatic rings. The third-order valence-corrected chi connectivity index (χ3v) is 7.89. The summed E-state index contributed by atoms with van der Waals surface area (Å²) in [5.74, 6) is 1.64. The Kier molecular flexibility index (Phi) is 4.37. The van der Waals surface area contributed by atoms with E-state index in [-0.39, 0.29) is 5.91 Å². The van der Waals surface area contributed by atoms with Gasteiger partial charge in [-0.1, -0.05) is 17.7 Å². The largest absolute Gasteiger partial charge is 0.336 e. The minimum Gasteiger partial charge on any atom is -0.336 e. The van der Waals surface area contributed by atoms with Gasteiger partial charge in [-0.3, -0.25) is 4.79 Å². The normalized spacial score (nSPS) is 27.6. The van der Waals surface area contributed by atoms with E-state index in [4.69, 9.17) is 16.6 Å². The minimum absolute atomic E-state index is 0.0978. The first-order valence-electron chi connectivity index (χ1n) is 10.6.